The third-order valence-electron chi connectivity index (χ3n) is 20.5. The standard InChI is InChI=1S/C73H88N11O13PS/c1-49-56(54-21-22-60(78-65(54)67(90)91)82-32-26-51-15-10-17-55(57(51)41-82)66(89)79-68-77-58-18-6-7-19-59(58)99-68)40-75-84(49)48-72-43-70(2)42-71(3,44-72)46-73(45-70,47-72)97-37-35-80(30-12-38-98(93,94)95)53-27-33-81(34-28-53)69(92)96-36-11-14-50-13-9-16-52(39-50)76-62(86)25-29-74-61(85)20-5-4-8-31-83-63(87)23-24-64(83)88/h6-7,9-11,13-19,21-24,39-40,53H,4-5,8,12,20,25-38,41-48H2,1-3H3,(H,74,85)(H,76,86)(H,90,91)(H,77,79,89)(H2,93,94,95)/b14-11+. The van der Waals surface area contributed by atoms with Crippen LogP contribution >= 0.6 is 18.9 Å². The Labute approximate surface area is 579 Å². The smallest absolute Gasteiger partial charge is 0.410 e. The van der Waals surface area contributed by atoms with Gasteiger partial charge in [0, 0.05) is 111 Å². The number of aromatic carboxylic acids is 1. The number of carbonyl (C=O) groups is 7. The van der Waals surface area contributed by atoms with Crippen LogP contribution in [0.2, 0.25) is 0 Å². The summed E-state index contributed by atoms with van der Waals surface area (Å²) < 4.78 is 28.0. The van der Waals surface area contributed by atoms with Gasteiger partial charge in [-0.3, -0.25) is 48.3 Å². The zero-order chi connectivity index (χ0) is 69.7. The third-order valence-corrected chi connectivity index (χ3v) is 22.4. The Bertz CT molecular complexity index is 4110. The fraction of sp³-hybridized carbons (Fsp3) is 0.479. The first kappa shape index (κ1) is 70.4. The third kappa shape index (κ3) is 17.1. The van der Waals surface area contributed by atoms with E-state index < -0.39 is 25.3 Å². The number of likely N-dealkylation sites (tertiary alicyclic amines) is 1. The number of para-hydroxylation sites is 1. The van der Waals surface area contributed by atoms with Gasteiger partial charge in [-0.1, -0.05) is 74.1 Å². The van der Waals surface area contributed by atoms with Crippen LogP contribution in [0.1, 0.15) is 147 Å². The number of rotatable bonds is 29. The molecule has 524 valence electrons. The quantitative estimate of drug-likeness (QED) is 0.0144. The number of nitrogens with zero attached hydrogens (tertiary/aromatic N) is 8. The van der Waals surface area contributed by atoms with E-state index in [1.54, 1.807) is 41.4 Å². The molecule has 99 heavy (non-hydrogen) atoms. The van der Waals surface area contributed by atoms with Crippen LogP contribution in [0, 0.1) is 23.2 Å². The highest BCUT2D eigenvalue weighted by atomic mass is 32.1. The highest BCUT2D eigenvalue weighted by Crippen LogP contribution is 2.72. The number of carbonyl (C=O) groups excluding carboxylic acids is 6. The van der Waals surface area contributed by atoms with Gasteiger partial charge >= 0.3 is 19.7 Å². The van der Waals surface area contributed by atoms with Gasteiger partial charge in [0.05, 0.1) is 34.8 Å². The van der Waals surface area contributed by atoms with Crippen LogP contribution in [-0.2, 0) is 52.7 Å². The number of amides is 6. The Hall–Kier alpha value is -8.45. The first-order valence-corrected chi connectivity index (χ1v) is 37.0. The van der Waals surface area contributed by atoms with Crippen LogP contribution in [-0.4, -0.2) is 168 Å². The van der Waals surface area contributed by atoms with Gasteiger partial charge in [0.25, 0.3) is 17.7 Å². The molecule has 0 radical (unpaired) electrons. The summed E-state index contributed by atoms with van der Waals surface area (Å²) in [7, 11) is -4.24. The Morgan fingerprint density at radius 2 is 1.58 bits per heavy atom. The molecule has 6 heterocycles. The molecule has 4 aliphatic carbocycles. The van der Waals surface area contributed by atoms with Crippen LogP contribution < -0.4 is 20.9 Å². The highest BCUT2D eigenvalue weighted by Gasteiger charge is 2.66. The van der Waals surface area contributed by atoms with Crippen LogP contribution in [0.4, 0.5) is 21.4 Å². The van der Waals surface area contributed by atoms with Crippen LogP contribution in [0.5, 0.6) is 0 Å². The van der Waals surface area contributed by atoms with Crippen molar-refractivity contribution < 1.29 is 62.5 Å². The number of piperidine rings is 1. The second kappa shape index (κ2) is 29.8. The molecule has 3 aliphatic heterocycles. The van der Waals surface area contributed by atoms with Gasteiger partial charge in [-0.25, -0.2) is 19.6 Å². The Morgan fingerprint density at radius 3 is 2.33 bits per heavy atom. The maximum atomic E-state index is 13.8. The van der Waals surface area contributed by atoms with E-state index in [9.17, 15) is 53.0 Å². The average Bonchev–Trinajstić information content (AvgIpc) is 1.00. The summed E-state index contributed by atoms with van der Waals surface area (Å²) in [5.41, 5.74) is 6.04. The lowest BCUT2D eigenvalue weighted by atomic mass is 9.39. The van der Waals surface area contributed by atoms with Crippen molar-refractivity contribution in [3.63, 3.8) is 0 Å². The van der Waals surface area contributed by atoms with E-state index in [1.165, 1.54) is 28.4 Å². The topological polar surface area (TPSA) is 308 Å². The number of imide groups is 1. The van der Waals surface area contributed by atoms with Crippen molar-refractivity contribution in [3.8, 4) is 11.1 Å². The number of anilines is 3. The maximum Gasteiger partial charge on any atom is 0.410 e. The summed E-state index contributed by atoms with van der Waals surface area (Å²) >= 11 is 1.42. The molecule has 2 unspecified atom stereocenters. The lowest BCUT2D eigenvalue weighted by Crippen LogP contribution is -2.64. The molecular weight excluding hydrogens is 1300 g/mol. The number of unbranched alkanes of at least 4 members (excludes halogenated alkanes) is 2. The Balaban J connectivity index is 0.620. The molecule has 0 spiro atoms. The highest BCUT2D eigenvalue weighted by molar-refractivity contribution is 7.51. The van der Waals surface area contributed by atoms with E-state index in [0.29, 0.717) is 137 Å². The van der Waals surface area contributed by atoms with Gasteiger partial charge in [-0.2, -0.15) is 5.10 Å². The SMILES string of the molecule is Cc1c(-c2ccc(N3CCc4cccc(C(=O)Nc5nc6ccccc6s5)c4C3)nc2C(=O)O)cnn1CC12CC3(C)CC(C)(C1)CC(OCCN(CCCP(=O)(O)O)C1CCN(C(=O)OC/C=C/c4cccc(NC(=O)CCNC(=O)CCCCCN5C(=O)C=CC5=O)c4)CC1)(C3)C2. The molecule has 2 atom stereocenters. The van der Waals surface area contributed by atoms with Crippen molar-refractivity contribution in [3.05, 3.63) is 137 Å². The molecule has 3 aromatic carbocycles. The van der Waals surface area contributed by atoms with Crippen molar-refractivity contribution in [1.82, 2.24) is 39.8 Å². The number of aromatic nitrogens is 4. The number of carboxylic acid groups (broad SMARTS) is 1. The summed E-state index contributed by atoms with van der Waals surface area (Å²) in [5.74, 6) is -1.99. The molecule has 6 aromatic rings. The number of ether oxygens (including phenoxy) is 2. The number of thiazole rings is 1. The van der Waals surface area contributed by atoms with Crippen molar-refractivity contribution in [1.29, 1.82) is 0 Å². The summed E-state index contributed by atoms with van der Waals surface area (Å²) in [6, 6.07) is 24.4. The molecule has 6 N–H and O–H groups in total. The maximum absolute atomic E-state index is 13.8. The van der Waals surface area contributed by atoms with E-state index in [4.69, 9.17) is 19.6 Å². The monoisotopic (exact) mass is 1390 g/mol. The first-order valence-electron chi connectivity index (χ1n) is 34.4. The Morgan fingerprint density at radius 1 is 0.808 bits per heavy atom. The molecule has 3 aromatic heterocycles. The predicted molar refractivity (Wildman–Crippen MR) is 376 cm³/mol. The van der Waals surface area contributed by atoms with E-state index in [1.807, 2.05) is 77.2 Å². The number of benzene rings is 3. The molecule has 5 fully saturated rings. The van der Waals surface area contributed by atoms with E-state index in [2.05, 4.69) is 39.7 Å². The number of carboxylic acids is 1. The summed E-state index contributed by atoms with van der Waals surface area (Å²) in [6.45, 7) is 11.2. The summed E-state index contributed by atoms with van der Waals surface area (Å²) in [6.07, 6.45) is 17.4. The molecule has 1 saturated heterocycles. The zero-order valence-electron chi connectivity index (χ0n) is 56.4. The van der Waals surface area contributed by atoms with Gasteiger partial charge in [0.2, 0.25) is 11.8 Å². The molecular formula is C73H88N11O13PS. The van der Waals surface area contributed by atoms with Crippen molar-refractivity contribution in [2.24, 2.45) is 16.2 Å². The van der Waals surface area contributed by atoms with Crippen molar-refractivity contribution in [2.45, 2.75) is 142 Å². The fourth-order valence-electron chi connectivity index (χ4n) is 17.3. The summed E-state index contributed by atoms with van der Waals surface area (Å²) in [5, 5.41) is 24.9. The fourth-order valence-corrected chi connectivity index (χ4v) is 18.7. The molecule has 26 heteroatoms. The molecule has 24 nitrogen and oxygen atoms in total. The van der Waals surface area contributed by atoms with Crippen molar-refractivity contribution >= 4 is 93.5 Å². The minimum Gasteiger partial charge on any atom is -0.476 e. The largest absolute Gasteiger partial charge is 0.476 e. The molecule has 13 rings (SSSR count). The van der Waals surface area contributed by atoms with Gasteiger partial charge in [0.15, 0.2) is 10.8 Å². The van der Waals surface area contributed by atoms with Crippen LogP contribution in [0.25, 0.3) is 27.4 Å². The number of pyridine rings is 1. The first-order chi connectivity index (χ1) is 47.4. The van der Waals surface area contributed by atoms with E-state index in [-0.39, 0.29) is 89.7 Å². The van der Waals surface area contributed by atoms with E-state index in [0.717, 1.165) is 71.1 Å². The molecule has 6 amide bonds. The van der Waals surface area contributed by atoms with Gasteiger partial charge in [0.1, 0.15) is 12.4 Å². The van der Waals surface area contributed by atoms with E-state index >= 15 is 0 Å². The minimum absolute atomic E-state index is 0.0145. The second-order valence-corrected chi connectivity index (χ2v) is 31.5. The lowest BCUT2D eigenvalue weighted by molar-refractivity contribution is -0.249. The van der Waals surface area contributed by atoms with Gasteiger partial charge < -0.3 is 44.8 Å². The van der Waals surface area contributed by atoms with Crippen molar-refractivity contribution in [2.75, 3.05) is 80.7 Å². The number of fused-ring (bicyclic) bond motifs is 2. The van der Waals surface area contributed by atoms with Gasteiger partial charge in [-0.15, -0.1) is 0 Å². The zero-order valence-corrected chi connectivity index (χ0v) is 58.1. The Kier molecular flexibility index (Phi) is 21.2. The van der Waals surface area contributed by atoms with Crippen LogP contribution in [0.3, 0.4) is 0 Å². The average molecular weight is 1390 g/mol. The predicted octanol–water partition coefficient (Wildman–Crippen LogP) is 10.6. The molecule has 4 bridgehead atoms. The number of nitrogens with one attached hydrogen (secondary N) is 3. The van der Waals surface area contributed by atoms with Gasteiger partial charge in [-0.05, 0) is 172 Å². The summed E-state index contributed by atoms with van der Waals surface area (Å²) in [4.78, 5) is 125. The lowest BCUT2D eigenvalue weighted by Gasteiger charge is -2.69. The normalized spacial score (nSPS) is 22.1. The minimum atomic E-state index is -4.24. The molecule has 4 saturated carbocycles. The number of hydrogen-bond donors (Lipinski definition) is 6. The number of hydrogen-bond acceptors (Lipinski definition) is 16. The second-order valence-electron chi connectivity index (χ2n) is 28.7. The van der Waals surface area contributed by atoms with Crippen LogP contribution in [0.15, 0.2) is 103 Å². The molecule has 7 aliphatic rings.